The number of rotatable bonds is 8. The van der Waals surface area contributed by atoms with Crippen LogP contribution in [0.25, 0.3) is 0 Å². The van der Waals surface area contributed by atoms with E-state index in [9.17, 15) is 23.3 Å². The van der Waals surface area contributed by atoms with Crippen LogP contribution in [0.3, 0.4) is 0 Å². The molecule has 0 aliphatic carbocycles. The molecular weight excluding hydrogens is 448 g/mol. The van der Waals surface area contributed by atoms with Gasteiger partial charge in [-0.2, -0.15) is 5.26 Å². The van der Waals surface area contributed by atoms with E-state index in [2.05, 4.69) is 16.1 Å². The molecule has 33 heavy (non-hydrogen) atoms. The van der Waals surface area contributed by atoms with E-state index in [1.165, 1.54) is 24.3 Å². The minimum absolute atomic E-state index is 0.00310. The van der Waals surface area contributed by atoms with Crippen LogP contribution in [0.15, 0.2) is 24.3 Å². The first-order chi connectivity index (χ1) is 15.6. The van der Waals surface area contributed by atoms with Crippen molar-refractivity contribution in [1.29, 1.82) is 5.26 Å². The number of anilines is 2. The van der Waals surface area contributed by atoms with Gasteiger partial charge in [-0.15, -0.1) is 0 Å². The molecule has 1 unspecified atom stereocenters. The molecule has 3 rings (SSSR count). The molecular formula is C22H26N4O6S. The maximum atomic E-state index is 12.5. The lowest BCUT2D eigenvalue weighted by Gasteiger charge is -2.17. The molecule has 1 atom stereocenters. The summed E-state index contributed by atoms with van der Waals surface area (Å²) in [4.78, 5) is 24.9. The fraction of sp³-hybridized carbons (Fsp3) is 0.409. The summed E-state index contributed by atoms with van der Waals surface area (Å²) in [7, 11) is -3.50. The molecule has 1 aliphatic rings. The van der Waals surface area contributed by atoms with Gasteiger partial charge >= 0.3 is 5.97 Å². The first-order valence-corrected chi connectivity index (χ1v) is 12.2. The minimum atomic E-state index is -3.50. The van der Waals surface area contributed by atoms with E-state index < -0.39 is 28.5 Å². The van der Waals surface area contributed by atoms with Gasteiger partial charge in [0.2, 0.25) is 10.0 Å². The zero-order valence-corrected chi connectivity index (χ0v) is 19.5. The smallest absolute Gasteiger partial charge is 0.338 e. The molecule has 10 nitrogen and oxygen atoms in total. The van der Waals surface area contributed by atoms with Gasteiger partial charge in [0, 0.05) is 18.0 Å². The average Bonchev–Trinajstić information content (AvgIpc) is 3.34. The van der Waals surface area contributed by atoms with Crippen molar-refractivity contribution in [2.45, 2.75) is 39.3 Å². The van der Waals surface area contributed by atoms with E-state index in [4.69, 9.17) is 9.47 Å². The van der Waals surface area contributed by atoms with Crippen molar-refractivity contribution in [3.05, 3.63) is 46.6 Å². The van der Waals surface area contributed by atoms with Crippen molar-refractivity contribution < 1.29 is 27.5 Å². The van der Waals surface area contributed by atoms with Gasteiger partial charge in [-0.1, -0.05) is 6.07 Å². The van der Waals surface area contributed by atoms with Gasteiger partial charge in [-0.05, 0) is 50.5 Å². The van der Waals surface area contributed by atoms with Gasteiger partial charge in [0.25, 0.3) is 5.91 Å². The normalized spacial score (nSPS) is 15.6. The van der Waals surface area contributed by atoms with Crippen LogP contribution in [-0.4, -0.2) is 50.4 Å². The maximum Gasteiger partial charge on any atom is 0.338 e. The number of benzene rings is 1. The van der Waals surface area contributed by atoms with E-state index in [1.54, 1.807) is 0 Å². The summed E-state index contributed by atoms with van der Waals surface area (Å²) in [5, 5.41) is 12.3. The predicted octanol–water partition coefficient (Wildman–Crippen LogP) is 2.32. The molecule has 1 amide bonds. The quantitative estimate of drug-likeness (QED) is 0.560. The number of sulfonamides is 1. The number of carbonyl (C=O) groups excluding carboxylic acids is 2. The SMILES string of the molecule is Cc1c(C#N)c(NC(=O)COC(=O)c2cccc(NS(C)(=O)=O)c2)n(CC2CCCO2)c1C. The Morgan fingerprint density at radius 3 is 2.73 bits per heavy atom. The second-order valence-corrected chi connectivity index (χ2v) is 9.62. The molecule has 0 bridgehead atoms. The molecule has 1 aromatic carbocycles. The van der Waals surface area contributed by atoms with Crippen LogP contribution < -0.4 is 10.0 Å². The Morgan fingerprint density at radius 1 is 1.33 bits per heavy atom. The molecule has 2 aromatic rings. The van der Waals surface area contributed by atoms with Crippen LogP contribution in [0.2, 0.25) is 0 Å². The van der Waals surface area contributed by atoms with Gasteiger partial charge in [0.05, 0.1) is 30.0 Å². The number of aromatic nitrogens is 1. The topological polar surface area (TPSA) is 140 Å². The molecule has 1 saturated heterocycles. The summed E-state index contributed by atoms with van der Waals surface area (Å²) in [5.74, 6) is -1.04. The number of hydrogen-bond acceptors (Lipinski definition) is 7. The van der Waals surface area contributed by atoms with Crippen molar-refractivity contribution in [3.63, 3.8) is 0 Å². The second-order valence-electron chi connectivity index (χ2n) is 7.87. The second kappa shape index (κ2) is 10.1. The van der Waals surface area contributed by atoms with Crippen LogP contribution in [0.5, 0.6) is 0 Å². The minimum Gasteiger partial charge on any atom is -0.452 e. The van der Waals surface area contributed by atoms with Gasteiger partial charge in [-0.25, -0.2) is 13.2 Å². The molecule has 2 heterocycles. The van der Waals surface area contributed by atoms with Crippen molar-refractivity contribution >= 4 is 33.4 Å². The number of esters is 1. The van der Waals surface area contributed by atoms with Gasteiger partial charge in [-0.3, -0.25) is 9.52 Å². The highest BCUT2D eigenvalue weighted by Crippen LogP contribution is 2.28. The van der Waals surface area contributed by atoms with E-state index in [1.807, 2.05) is 18.4 Å². The van der Waals surface area contributed by atoms with E-state index >= 15 is 0 Å². The van der Waals surface area contributed by atoms with Gasteiger partial charge in [0.1, 0.15) is 11.9 Å². The standard InChI is InChI=1S/C22H26N4O6S/c1-14-15(2)26(12-18-8-5-9-31-18)21(19(14)11-23)24-20(27)13-32-22(28)16-6-4-7-17(10-16)25-33(3,29)30/h4,6-7,10,18,25H,5,8-9,12-13H2,1-3H3,(H,24,27). The Labute approximate surface area is 192 Å². The highest BCUT2D eigenvalue weighted by molar-refractivity contribution is 7.92. The number of nitriles is 1. The molecule has 176 valence electrons. The van der Waals surface area contributed by atoms with Crippen LogP contribution in [-0.2, 0) is 30.8 Å². The average molecular weight is 475 g/mol. The third-order valence-corrected chi connectivity index (χ3v) is 5.95. The lowest BCUT2D eigenvalue weighted by atomic mass is 10.2. The Balaban J connectivity index is 1.69. The van der Waals surface area contributed by atoms with Gasteiger partial charge < -0.3 is 19.4 Å². The van der Waals surface area contributed by atoms with Crippen molar-refractivity contribution in [2.75, 3.05) is 29.5 Å². The van der Waals surface area contributed by atoms with Crippen molar-refractivity contribution in [1.82, 2.24) is 4.57 Å². The van der Waals surface area contributed by atoms with E-state index in [-0.39, 0.29) is 17.4 Å². The number of carbonyl (C=O) groups is 2. The van der Waals surface area contributed by atoms with E-state index in [0.29, 0.717) is 24.5 Å². The summed E-state index contributed by atoms with van der Waals surface area (Å²) < 4.78 is 37.6. The Hall–Kier alpha value is -3.36. The lowest BCUT2D eigenvalue weighted by molar-refractivity contribution is -0.119. The van der Waals surface area contributed by atoms with Crippen molar-refractivity contribution in [3.8, 4) is 6.07 Å². The largest absolute Gasteiger partial charge is 0.452 e. The third kappa shape index (κ3) is 6.12. The molecule has 1 aromatic heterocycles. The van der Waals surface area contributed by atoms with Crippen LogP contribution in [0.4, 0.5) is 11.5 Å². The molecule has 0 saturated carbocycles. The summed E-state index contributed by atoms with van der Waals surface area (Å²) in [5.41, 5.74) is 2.25. The first kappa shape index (κ1) is 24.3. The summed E-state index contributed by atoms with van der Waals surface area (Å²) in [6.07, 6.45) is 2.86. The highest BCUT2D eigenvalue weighted by atomic mass is 32.2. The number of nitrogens with one attached hydrogen (secondary N) is 2. The van der Waals surface area contributed by atoms with Crippen molar-refractivity contribution in [2.24, 2.45) is 0 Å². The predicted molar refractivity (Wildman–Crippen MR) is 121 cm³/mol. The Bertz CT molecular complexity index is 1210. The fourth-order valence-corrected chi connectivity index (χ4v) is 4.21. The number of amides is 1. The lowest BCUT2D eigenvalue weighted by Crippen LogP contribution is -2.25. The third-order valence-electron chi connectivity index (χ3n) is 5.35. The van der Waals surface area contributed by atoms with Crippen LogP contribution in [0, 0.1) is 25.2 Å². The summed E-state index contributed by atoms with van der Waals surface area (Å²) >= 11 is 0. The summed E-state index contributed by atoms with van der Waals surface area (Å²) in [6.45, 7) is 4.31. The molecule has 1 aliphatic heterocycles. The number of ether oxygens (including phenoxy) is 2. The Kier molecular flexibility index (Phi) is 7.40. The monoisotopic (exact) mass is 474 g/mol. The highest BCUT2D eigenvalue weighted by Gasteiger charge is 2.24. The number of hydrogen-bond donors (Lipinski definition) is 2. The molecule has 2 N–H and O–H groups in total. The zero-order chi connectivity index (χ0) is 24.2. The van der Waals surface area contributed by atoms with Crippen LogP contribution >= 0.6 is 0 Å². The fourth-order valence-electron chi connectivity index (χ4n) is 3.66. The summed E-state index contributed by atoms with van der Waals surface area (Å²) in [6, 6.07) is 7.87. The number of nitrogens with zero attached hydrogens (tertiary/aromatic N) is 2. The first-order valence-electron chi connectivity index (χ1n) is 10.3. The van der Waals surface area contributed by atoms with E-state index in [0.717, 1.165) is 30.4 Å². The maximum absolute atomic E-state index is 12.5. The molecule has 0 radical (unpaired) electrons. The molecule has 11 heteroatoms. The zero-order valence-electron chi connectivity index (χ0n) is 18.7. The molecule has 1 fully saturated rings. The van der Waals surface area contributed by atoms with Gasteiger partial charge in [0.15, 0.2) is 6.61 Å². The van der Waals surface area contributed by atoms with Crippen LogP contribution in [0.1, 0.15) is 40.0 Å². The molecule has 0 spiro atoms. The Morgan fingerprint density at radius 2 is 2.09 bits per heavy atom.